The summed E-state index contributed by atoms with van der Waals surface area (Å²) >= 11 is 0. The molecule has 1 N–H and O–H groups in total. The van der Waals surface area contributed by atoms with Gasteiger partial charge in [-0.15, -0.1) is 0 Å². The Morgan fingerprint density at radius 1 is 0.950 bits per heavy atom. The molecular weight excluding hydrogens is 250 g/mol. The molecule has 100 valence electrons. The second-order valence-corrected chi connectivity index (χ2v) is 4.52. The first-order valence-electron chi connectivity index (χ1n) is 6.39. The quantitative estimate of drug-likeness (QED) is 0.789. The molecule has 0 saturated heterocycles. The molecule has 3 rings (SSSR count). The lowest BCUT2D eigenvalue weighted by molar-refractivity contribution is 0.415. The molecule has 2 heterocycles. The van der Waals surface area contributed by atoms with Crippen molar-refractivity contribution < 1.29 is 4.74 Å². The lowest BCUT2D eigenvalue weighted by Gasteiger charge is -2.00. The molecule has 0 aliphatic rings. The molecule has 0 atom stereocenters. The molecule has 0 saturated carbocycles. The summed E-state index contributed by atoms with van der Waals surface area (Å²) in [6.07, 6.45) is 3.55. The number of methoxy groups -OCH3 is 1. The number of pyridine rings is 1. The van der Waals surface area contributed by atoms with Gasteiger partial charge in [0.05, 0.1) is 12.8 Å². The molecule has 0 aliphatic carbocycles. The fraction of sp³-hybridized carbons (Fsp3) is 0.125. The Balaban J connectivity index is 2.00. The Hall–Kier alpha value is -2.62. The summed E-state index contributed by atoms with van der Waals surface area (Å²) in [5.74, 6) is 1.70. The summed E-state index contributed by atoms with van der Waals surface area (Å²) in [5, 5.41) is 0. The third-order valence-corrected chi connectivity index (χ3v) is 3.20. The topological polar surface area (TPSA) is 50.8 Å². The van der Waals surface area contributed by atoms with E-state index in [-0.39, 0.29) is 0 Å². The lowest BCUT2D eigenvalue weighted by Crippen LogP contribution is -1.84. The third kappa shape index (κ3) is 2.28. The van der Waals surface area contributed by atoms with Gasteiger partial charge in [0.15, 0.2) is 0 Å². The Labute approximate surface area is 117 Å². The van der Waals surface area contributed by atoms with Crippen LogP contribution in [0.15, 0.2) is 48.8 Å². The zero-order valence-electron chi connectivity index (χ0n) is 11.4. The summed E-state index contributed by atoms with van der Waals surface area (Å²) in [5.41, 5.74) is 4.10. The molecule has 20 heavy (non-hydrogen) atoms. The van der Waals surface area contributed by atoms with E-state index < -0.39 is 0 Å². The molecule has 0 unspecified atom stereocenters. The highest BCUT2D eigenvalue weighted by Crippen LogP contribution is 2.26. The van der Waals surface area contributed by atoms with Gasteiger partial charge >= 0.3 is 0 Å². The van der Waals surface area contributed by atoms with Crippen LogP contribution in [0.1, 0.15) is 5.69 Å². The molecule has 3 aromatic rings. The van der Waals surface area contributed by atoms with Crippen LogP contribution in [0.4, 0.5) is 0 Å². The summed E-state index contributed by atoms with van der Waals surface area (Å²) in [4.78, 5) is 12.0. The molecule has 0 bridgehead atoms. The zero-order chi connectivity index (χ0) is 13.9. The average molecular weight is 265 g/mol. The van der Waals surface area contributed by atoms with Crippen LogP contribution in [0.2, 0.25) is 0 Å². The molecule has 0 aliphatic heterocycles. The van der Waals surface area contributed by atoms with Gasteiger partial charge in [0.1, 0.15) is 11.6 Å². The fourth-order valence-corrected chi connectivity index (χ4v) is 2.14. The van der Waals surface area contributed by atoms with E-state index in [0.717, 1.165) is 34.1 Å². The minimum Gasteiger partial charge on any atom is -0.497 e. The molecule has 1 aromatic carbocycles. The highest BCUT2D eigenvalue weighted by Gasteiger charge is 2.10. The van der Waals surface area contributed by atoms with Crippen LogP contribution in [0.3, 0.4) is 0 Å². The van der Waals surface area contributed by atoms with E-state index in [1.165, 1.54) is 0 Å². The van der Waals surface area contributed by atoms with E-state index >= 15 is 0 Å². The van der Waals surface area contributed by atoms with Crippen molar-refractivity contribution in [1.82, 2.24) is 15.0 Å². The van der Waals surface area contributed by atoms with E-state index in [1.807, 2.05) is 43.3 Å². The van der Waals surface area contributed by atoms with Crippen LogP contribution in [-0.4, -0.2) is 22.1 Å². The van der Waals surface area contributed by atoms with Crippen LogP contribution in [0.5, 0.6) is 5.75 Å². The first kappa shape index (κ1) is 12.4. The number of aromatic amines is 1. The van der Waals surface area contributed by atoms with Crippen molar-refractivity contribution in [2.24, 2.45) is 0 Å². The normalized spacial score (nSPS) is 10.5. The highest BCUT2D eigenvalue weighted by atomic mass is 16.5. The van der Waals surface area contributed by atoms with Gasteiger partial charge in [-0.1, -0.05) is 0 Å². The maximum absolute atomic E-state index is 5.17. The standard InChI is InChI=1S/C16H15N3O/c1-11-15(12-7-9-17-10-8-12)19-16(18-11)13-3-5-14(20-2)6-4-13/h3-10H,1-2H3,(H,18,19). The van der Waals surface area contributed by atoms with E-state index in [2.05, 4.69) is 15.0 Å². The maximum Gasteiger partial charge on any atom is 0.138 e. The maximum atomic E-state index is 5.17. The van der Waals surface area contributed by atoms with Crippen molar-refractivity contribution in [3.63, 3.8) is 0 Å². The SMILES string of the molecule is COc1ccc(-c2nc(-c3ccncc3)c(C)[nH]2)cc1. The van der Waals surface area contributed by atoms with Crippen LogP contribution in [-0.2, 0) is 0 Å². The highest BCUT2D eigenvalue weighted by molar-refractivity contribution is 5.67. The van der Waals surface area contributed by atoms with Gasteiger partial charge in [-0.3, -0.25) is 4.98 Å². The molecule has 0 radical (unpaired) electrons. The van der Waals surface area contributed by atoms with E-state index in [4.69, 9.17) is 4.74 Å². The van der Waals surface area contributed by atoms with Crippen LogP contribution in [0, 0.1) is 6.92 Å². The average Bonchev–Trinajstić information content (AvgIpc) is 2.90. The number of nitrogens with one attached hydrogen (secondary N) is 1. The summed E-state index contributed by atoms with van der Waals surface area (Å²) in [6, 6.07) is 11.8. The van der Waals surface area contributed by atoms with Gasteiger partial charge in [0.25, 0.3) is 0 Å². The van der Waals surface area contributed by atoms with Crippen LogP contribution < -0.4 is 4.74 Å². The van der Waals surface area contributed by atoms with Crippen molar-refractivity contribution in [3.8, 4) is 28.4 Å². The van der Waals surface area contributed by atoms with Crippen molar-refractivity contribution in [3.05, 3.63) is 54.5 Å². The number of rotatable bonds is 3. The first-order valence-corrected chi connectivity index (χ1v) is 6.39. The van der Waals surface area contributed by atoms with Gasteiger partial charge in [-0.05, 0) is 43.3 Å². The number of aryl methyl sites for hydroxylation is 1. The summed E-state index contributed by atoms with van der Waals surface area (Å²) in [7, 11) is 1.66. The number of aromatic nitrogens is 3. The van der Waals surface area contributed by atoms with Crippen LogP contribution in [0.25, 0.3) is 22.6 Å². The Kier molecular flexibility index (Phi) is 3.21. The fourth-order valence-electron chi connectivity index (χ4n) is 2.14. The Morgan fingerprint density at radius 2 is 1.65 bits per heavy atom. The number of benzene rings is 1. The molecule has 0 spiro atoms. The molecule has 4 nitrogen and oxygen atoms in total. The van der Waals surface area contributed by atoms with Gasteiger partial charge in [0, 0.05) is 29.2 Å². The monoisotopic (exact) mass is 265 g/mol. The second kappa shape index (κ2) is 5.17. The summed E-state index contributed by atoms with van der Waals surface area (Å²) in [6.45, 7) is 2.02. The number of imidazole rings is 1. The van der Waals surface area contributed by atoms with Crippen molar-refractivity contribution >= 4 is 0 Å². The first-order chi connectivity index (χ1) is 9.78. The molecular formula is C16H15N3O. The number of hydrogen-bond donors (Lipinski definition) is 1. The largest absolute Gasteiger partial charge is 0.497 e. The number of nitrogens with zero attached hydrogens (tertiary/aromatic N) is 2. The van der Waals surface area contributed by atoms with Gasteiger partial charge in [-0.25, -0.2) is 4.98 Å². The predicted octanol–water partition coefficient (Wildman–Crippen LogP) is 3.46. The van der Waals surface area contributed by atoms with Gasteiger partial charge in [0.2, 0.25) is 0 Å². The number of hydrogen-bond acceptors (Lipinski definition) is 3. The van der Waals surface area contributed by atoms with Gasteiger partial charge < -0.3 is 9.72 Å². The van der Waals surface area contributed by atoms with Crippen molar-refractivity contribution in [2.45, 2.75) is 6.92 Å². The smallest absolute Gasteiger partial charge is 0.138 e. The number of H-pyrrole nitrogens is 1. The third-order valence-electron chi connectivity index (χ3n) is 3.20. The van der Waals surface area contributed by atoms with Crippen molar-refractivity contribution in [1.29, 1.82) is 0 Å². The van der Waals surface area contributed by atoms with Gasteiger partial charge in [-0.2, -0.15) is 0 Å². The van der Waals surface area contributed by atoms with Crippen LogP contribution >= 0.6 is 0 Å². The van der Waals surface area contributed by atoms with E-state index in [9.17, 15) is 0 Å². The van der Waals surface area contributed by atoms with E-state index in [1.54, 1.807) is 19.5 Å². The molecule has 4 heteroatoms. The predicted molar refractivity (Wildman–Crippen MR) is 78.5 cm³/mol. The molecule has 0 fully saturated rings. The van der Waals surface area contributed by atoms with E-state index in [0.29, 0.717) is 0 Å². The Morgan fingerprint density at radius 3 is 2.30 bits per heavy atom. The lowest BCUT2D eigenvalue weighted by atomic mass is 10.2. The summed E-state index contributed by atoms with van der Waals surface area (Å²) < 4.78 is 5.17. The minimum atomic E-state index is 0.839. The second-order valence-electron chi connectivity index (χ2n) is 4.52. The number of ether oxygens (including phenoxy) is 1. The molecule has 0 amide bonds. The zero-order valence-corrected chi connectivity index (χ0v) is 11.4. The Bertz CT molecular complexity index is 702. The minimum absolute atomic E-state index is 0.839. The molecule has 2 aromatic heterocycles. The van der Waals surface area contributed by atoms with Crippen molar-refractivity contribution in [2.75, 3.05) is 7.11 Å².